The Hall–Kier alpha value is -2.41. The standard InChI is InChI=1S/C15H13N3O3S/c19-13-7-10(8-18(13)9-11-3-1-5-20-11)15-16-14(17-21-15)12-4-2-6-22-12/h1-6,10H,7-9H2/t10-/m0/s1. The molecule has 7 heteroatoms. The molecule has 0 aliphatic carbocycles. The largest absolute Gasteiger partial charge is 0.467 e. The molecule has 112 valence electrons. The number of rotatable bonds is 4. The van der Waals surface area contributed by atoms with Crippen molar-refractivity contribution >= 4 is 17.2 Å². The first-order valence-corrected chi connectivity index (χ1v) is 7.85. The van der Waals surface area contributed by atoms with Gasteiger partial charge < -0.3 is 13.8 Å². The van der Waals surface area contributed by atoms with Crippen molar-refractivity contribution in [1.29, 1.82) is 0 Å². The Kier molecular flexibility index (Phi) is 3.27. The van der Waals surface area contributed by atoms with Crippen LogP contribution < -0.4 is 0 Å². The van der Waals surface area contributed by atoms with Crippen LogP contribution in [0.25, 0.3) is 10.7 Å². The summed E-state index contributed by atoms with van der Waals surface area (Å²) in [5.74, 6) is 1.92. The molecule has 4 rings (SSSR count). The van der Waals surface area contributed by atoms with Gasteiger partial charge in [0.2, 0.25) is 17.6 Å². The lowest BCUT2D eigenvalue weighted by molar-refractivity contribution is -0.128. The average molecular weight is 315 g/mol. The molecule has 1 aliphatic heterocycles. The summed E-state index contributed by atoms with van der Waals surface area (Å²) in [6.45, 7) is 1.06. The van der Waals surface area contributed by atoms with E-state index in [9.17, 15) is 4.79 Å². The summed E-state index contributed by atoms with van der Waals surface area (Å²) < 4.78 is 10.6. The highest BCUT2D eigenvalue weighted by Crippen LogP contribution is 2.30. The number of amides is 1. The molecule has 0 N–H and O–H groups in total. The molecule has 1 atom stereocenters. The Labute approximate surface area is 130 Å². The maximum absolute atomic E-state index is 12.1. The summed E-state index contributed by atoms with van der Waals surface area (Å²) in [5, 5.41) is 5.97. The van der Waals surface area contributed by atoms with Crippen LogP contribution in [0.5, 0.6) is 0 Å². The lowest BCUT2D eigenvalue weighted by atomic mass is 10.1. The quantitative estimate of drug-likeness (QED) is 0.740. The van der Waals surface area contributed by atoms with Crippen molar-refractivity contribution in [3.8, 4) is 10.7 Å². The Morgan fingerprint density at radius 2 is 2.32 bits per heavy atom. The maximum atomic E-state index is 12.1. The van der Waals surface area contributed by atoms with Crippen LogP contribution in [0, 0.1) is 0 Å². The van der Waals surface area contributed by atoms with E-state index >= 15 is 0 Å². The number of likely N-dealkylation sites (tertiary alicyclic amines) is 1. The monoisotopic (exact) mass is 315 g/mol. The topological polar surface area (TPSA) is 72.4 Å². The van der Waals surface area contributed by atoms with Crippen molar-refractivity contribution in [2.24, 2.45) is 0 Å². The Bertz CT molecular complexity index is 764. The van der Waals surface area contributed by atoms with Gasteiger partial charge in [-0.25, -0.2) is 0 Å². The maximum Gasteiger partial charge on any atom is 0.232 e. The molecular weight excluding hydrogens is 302 g/mol. The summed E-state index contributed by atoms with van der Waals surface area (Å²) >= 11 is 1.56. The van der Waals surface area contributed by atoms with Gasteiger partial charge in [0.05, 0.1) is 23.6 Å². The van der Waals surface area contributed by atoms with Crippen molar-refractivity contribution in [2.45, 2.75) is 18.9 Å². The highest BCUT2D eigenvalue weighted by molar-refractivity contribution is 7.13. The van der Waals surface area contributed by atoms with Gasteiger partial charge >= 0.3 is 0 Å². The molecule has 1 fully saturated rings. The lowest BCUT2D eigenvalue weighted by Crippen LogP contribution is -2.24. The van der Waals surface area contributed by atoms with Crippen LogP contribution in [-0.4, -0.2) is 27.5 Å². The van der Waals surface area contributed by atoms with Gasteiger partial charge in [0.25, 0.3) is 0 Å². The van der Waals surface area contributed by atoms with E-state index < -0.39 is 0 Å². The molecule has 1 saturated heterocycles. The molecule has 0 radical (unpaired) electrons. The lowest BCUT2D eigenvalue weighted by Gasteiger charge is -2.13. The molecule has 1 amide bonds. The van der Waals surface area contributed by atoms with Crippen molar-refractivity contribution in [3.63, 3.8) is 0 Å². The Morgan fingerprint density at radius 1 is 1.36 bits per heavy atom. The van der Waals surface area contributed by atoms with E-state index in [0.717, 1.165) is 10.6 Å². The van der Waals surface area contributed by atoms with E-state index in [1.54, 1.807) is 22.5 Å². The molecule has 22 heavy (non-hydrogen) atoms. The van der Waals surface area contributed by atoms with Crippen molar-refractivity contribution in [1.82, 2.24) is 15.0 Å². The van der Waals surface area contributed by atoms with E-state index in [0.29, 0.717) is 31.2 Å². The van der Waals surface area contributed by atoms with Gasteiger partial charge in [0.15, 0.2) is 0 Å². The van der Waals surface area contributed by atoms with Crippen LogP contribution in [-0.2, 0) is 11.3 Å². The first-order chi connectivity index (χ1) is 10.8. The molecule has 1 aliphatic rings. The molecule has 0 aromatic carbocycles. The molecule has 0 bridgehead atoms. The van der Waals surface area contributed by atoms with Crippen molar-refractivity contribution in [3.05, 3.63) is 47.6 Å². The van der Waals surface area contributed by atoms with Crippen molar-refractivity contribution in [2.75, 3.05) is 6.54 Å². The number of hydrogen-bond acceptors (Lipinski definition) is 6. The fourth-order valence-electron chi connectivity index (χ4n) is 2.59. The second kappa shape index (κ2) is 5.42. The normalized spacial score (nSPS) is 18.3. The zero-order valence-electron chi connectivity index (χ0n) is 11.6. The fourth-order valence-corrected chi connectivity index (χ4v) is 3.24. The van der Waals surface area contributed by atoms with E-state index in [4.69, 9.17) is 8.94 Å². The van der Waals surface area contributed by atoms with Crippen LogP contribution in [0.1, 0.15) is 24.0 Å². The zero-order chi connectivity index (χ0) is 14.9. The third-order valence-corrected chi connectivity index (χ3v) is 4.54. The van der Waals surface area contributed by atoms with Crippen LogP contribution in [0.15, 0.2) is 44.8 Å². The van der Waals surface area contributed by atoms with Crippen LogP contribution in [0.2, 0.25) is 0 Å². The second-order valence-corrected chi connectivity index (χ2v) is 6.14. The summed E-state index contributed by atoms with van der Waals surface area (Å²) in [4.78, 5) is 19.3. The number of nitrogens with zero attached hydrogens (tertiary/aromatic N) is 3. The summed E-state index contributed by atoms with van der Waals surface area (Å²) in [7, 11) is 0. The van der Waals surface area contributed by atoms with Crippen molar-refractivity contribution < 1.29 is 13.7 Å². The predicted molar refractivity (Wildman–Crippen MR) is 79.1 cm³/mol. The Morgan fingerprint density at radius 3 is 3.09 bits per heavy atom. The van der Waals surface area contributed by atoms with Gasteiger partial charge in [-0.2, -0.15) is 4.98 Å². The van der Waals surface area contributed by atoms with E-state index in [1.807, 2.05) is 29.6 Å². The van der Waals surface area contributed by atoms with E-state index in [2.05, 4.69) is 10.1 Å². The highest BCUT2D eigenvalue weighted by Gasteiger charge is 2.34. The minimum atomic E-state index is -0.0522. The third-order valence-electron chi connectivity index (χ3n) is 3.67. The van der Waals surface area contributed by atoms with Crippen LogP contribution in [0.4, 0.5) is 0 Å². The predicted octanol–water partition coefficient (Wildman–Crippen LogP) is 2.91. The zero-order valence-corrected chi connectivity index (χ0v) is 12.5. The van der Waals surface area contributed by atoms with Gasteiger partial charge in [-0.15, -0.1) is 11.3 Å². The third kappa shape index (κ3) is 2.43. The van der Waals surface area contributed by atoms with Gasteiger partial charge in [-0.05, 0) is 23.6 Å². The van der Waals surface area contributed by atoms with Gasteiger partial charge in [-0.1, -0.05) is 11.2 Å². The molecule has 0 saturated carbocycles. The van der Waals surface area contributed by atoms with E-state index in [-0.39, 0.29) is 11.8 Å². The minimum absolute atomic E-state index is 0.0522. The molecule has 0 spiro atoms. The number of thiophene rings is 1. The SMILES string of the molecule is O=C1C[C@H](c2nc(-c3cccs3)no2)CN1Cc1ccco1. The molecule has 6 nitrogen and oxygen atoms in total. The van der Waals surface area contributed by atoms with Crippen LogP contribution in [0.3, 0.4) is 0 Å². The smallest absolute Gasteiger partial charge is 0.232 e. The van der Waals surface area contributed by atoms with Gasteiger partial charge in [-0.3, -0.25) is 4.79 Å². The summed E-state index contributed by atoms with van der Waals surface area (Å²) in [6, 6.07) is 7.57. The number of carbonyl (C=O) groups is 1. The molecule has 3 aromatic heterocycles. The van der Waals surface area contributed by atoms with Gasteiger partial charge in [0.1, 0.15) is 5.76 Å². The van der Waals surface area contributed by atoms with Gasteiger partial charge in [0, 0.05) is 13.0 Å². The number of furan rings is 1. The first kappa shape index (κ1) is 13.3. The van der Waals surface area contributed by atoms with E-state index in [1.165, 1.54) is 0 Å². The van der Waals surface area contributed by atoms with Crippen LogP contribution >= 0.6 is 11.3 Å². The molecule has 3 aromatic rings. The average Bonchev–Trinajstić information content (AvgIpc) is 3.27. The molecule has 0 unspecified atom stereocenters. The summed E-state index contributed by atoms with van der Waals surface area (Å²) in [5.41, 5.74) is 0. The number of carbonyl (C=O) groups excluding carboxylic acids is 1. The molecule has 4 heterocycles. The second-order valence-electron chi connectivity index (χ2n) is 5.19. The minimum Gasteiger partial charge on any atom is -0.467 e. The first-order valence-electron chi connectivity index (χ1n) is 6.97. The Balaban J connectivity index is 1.49. The highest BCUT2D eigenvalue weighted by atomic mass is 32.1. The molecular formula is C15H13N3O3S. The number of hydrogen-bond donors (Lipinski definition) is 0. The fraction of sp³-hybridized carbons (Fsp3) is 0.267. The number of aromatic nitrogens is 2. The summed E-state index contributed by atoms with van der Waals surface area (Å²) in [6.07, 6.45) is 2.01.